The second kappa shape index (κ2) is 7.29. The van der Waals surface area contributed by atoms with Crippen LogP contribution >= 0.6 is 11.3 Å². The average molecular weight is 307 g/mol. The zero-order valence-corrected chi connectivity index (χ0v) is 12.8. The second-order valence-corrected chi connectivity index (χ2v) is 6.08. The van der Waals surface area contributed by atoms with E-state index >= 15 is 0 Å². The Morgan fingerprint density at radius 2 is 2.24 bits per heavy atom. The van der Waals surface area contributed by atoms with Gasteiger partial charge in [-0.25, -0.2) is 4.98 Å². The summed E-state index contributed by atoms with van der Waals surface area (Å²) in [5, 5.41) is 3.61. The predicted octanol–water partition coefficient (Wildman–Crippen LogP) is 0.796. The number of hydrogen-bond donors (Lipinski definition) is 3. The summed E-state index contributed by atoms with van der Waals surface area (Å²) in [5.41, 5.74) is 11.8. The fraction of sp³-hybridized carbons (Fsp3) is 0.571. The van der Waals surface area contributed by atoms with E-state index in [1.54, 1.807) is 0 Å². The number of nitrogens with two attached hydrogens (primary N) is 2. The highest BCUT2D eigenvalue weighted by molar-refractivity contribution is 7.18. The molecular weight excluding hydrogens is 286 g/mol. The van der Waals surface area contributed by atoms with Gasteiger partial charge in [-0.05, 0) is 19.3 Å². The van der Waals surface area contributed by atoms with E-state index in [4.69, 9.17) is 17.9 Å². The molecule has 114 valence electrons. The van der Waals surface area contributed by atoms with Gasteiger partial charge in [0.25, 0.3) is 5.91 Å². The highest BCUT2D eigenvalue weighted by atomic mass is 32.1. The first-order valence-electron chi connectivity index (χ1n) is 7.10. The highest BCUT2D eigenvalue weighted by Gasteiger charge is 2.22. The topological polar surface area (TPSA) is 97.3 Å². The minimum Gasteiger partial charge on any atom is -0.382 e. The van der Waals surface area contributed by atoms with Crippen molar-refractivity contribution < 1.29 is 4.79 Å². The smallest absolute Gasteiger partial charge is 0.265 e. The van der Waals surface area contributed by atoms with Gasteiger partial charge in [0.05, 0.1) is 0 Å². The van der Waals surface area contributed by atoms with Gasteiger partial charge in [-0.15, -0.1) is 12.3 Å². The van der Waals surface area contributed by atoms with Crippen molar-refractivity contribution in [1.82, 2.24) is 10.3 Å². The highest BCUT2D eigenvalue weighted by Crippen LogP contribution is 2.29. The number of thiazole rings is 1. The number of unbranched alkanes of at least 4 members (excludes halogenated alkanes) is 1. The van der Waals surface area contributed by atoms with Gasteiger partial charge in [0.15, 0.2) is 5.13 Å². The maximum Gasteiger partial charge on any atom is 0.265 e. The Hall–Kier alpha value is -1.78. The summed E-state index contributed by atoms with van der Waals surface area (Å²) in [7, 11) is 0. The van der Waals surface area contributed by atoms with Crippen LogP contribution in [0.3, 0.4) is 0 Å². The van der Waals surface area contributed by atoms with Gasteiger partial charge in [-0.3, -0.25) is 4.79 Å². The molecular formula is C14H21N5OS. The lowest BCUT2D eigenvalue weighted by molar-refractivity contribution is 0.0958. The molecule has 7 heteroatoms. The van der Waals surface area contributed by atoms with Gasteiger partial charge in [0.1, 0.15) is 10.7 Å². The summed E-state index contributed by atoms with van der Waals surface area (Å²) < 4.78 is 0. The van der Waals surface area contributed by atoms with Crippen LogP contribution in [-0.2, 0) is 0 Å². The monoisotopic (exact) mass is 307 g/mol. The van der Waals surface area contributed by atoms with Crippen molar-refractivity contribution in [2.45, 2.75) is 31.7 Å². The number of carbonyl (C=O) groups is 1. The molecule has 21 heavy (non-hydrogen) atoms. The van der Waals surface area contributed by atoms with Gasteiger partial charge in [0.2, 0.25) is 0 Å². The van der Waals surface area contributed by atoms with Gasteiger partial charge in [0, 0.05) is 32.1 Å². The molecule has 0 unspecified atom stereocenters. The standard InChI is InChI=1S/C14H21N5OS/c1-2-3-4-7-17-13(20)11-12(16)18-14(21-11)19-8-5-10(15)6-9-19/h1,10H,3-9,15-16H2,(H,17,20). The van der Waals surface area contributed by atoms with Crippen molar-refractivity contribution in [3.05, 3.63) is 4.88 Å². The Morgan fingerprint density at radius 1 is 1.52 bits per heavy atom. The molecule has 0 aliphatic carbocycles. The number of terminal acetylenes is 1. The Morgan fingerprint density at radius 3 is 2.90 bits per heavy atom. The zero-order chi connectivity index (χ0) is 15.2. The van der Waals surface area contributed by atoms with Crippen molar-refractivity contribution in [2.75, 3.05) is 30.3 Å². The largest absolute Gasteiger partial charge is 0.382 e. The first-order chi connectivity index (χ1) is 10.1. The quantitative estimate of drug-likeness (QED) is 0.552. The van der Waals surface area contributed by atoms with Crippen molar-refractivity contribution in [2.24, 2.45) is 5.73 Å². The number of anilines is 2. The molecule has 0 atom stereocenters. The van der Waals surface area contributed by atoms with Crippen LogP contribution in [0.15, 0.2) is 0 Å². The van der Waals surface area contributed by atoms with Crippen molar-refractivity contribution in [3.8, 4) is 12.3 Å². The Bertz CT molecular complexity index is 528. The first-order valence-corrected chi connectivity index (χ1v) is 7.92. The molecule has 1 saturated heterocycles. The first kappa shape index (κ1) is 15.6. The number of aromatic nitrogens is 1. The number of rotatable bonds is 5. The Kier molecular flexibility index (Phi) is 5.42. The molecule has 1 aliphatic heterocycles. The molecule has 1 aromatic heterocycles. The van der Waals surface area contributed by atoms with Crippen LogP contribution in [0.4, 0.5) is 10.9 Å². The number of piperidine rings is 1. The van der Waals surface area contributed by atoms with Crippen molar-refractivity contribution >= 4 is 28.2 Å². The van der Waals surface area contributed by atoms with Crippen LogP contribution < -0.4 is 21.7 Å². The molecule has 2 heterocycles. The molecule has 2 rings (SSSR count). The zero-order valence-electron chi connectivity index (χ0n) is 12.0. The lowest BCUT2D eigenvalue weighted by Gasteiger charge is -2.29. The molecule has 0 saturated carbocycles. The van der Waals surface area contributed by atoms with E-state index in [0.29, 0.717) is 23.7 Å². The number of carbonyl (C=O) groups excluding carboxylic acids is 1. The molecule has 6 nitrogen and oxygen atoms in total. The summed E-state index contributed by atoms with van der Waals surface area (Å²) in [4.78, 5) is 19.0. The van der Waals surface area contributed by atoms with E-state index in [1.165, 1.54) is 11.3 Å². The third kappa shape index (κ3) is 4.09. The third-order valence-corrected chi connectivity index (χ3v) is 4.57. The summed E-state index contributed by atoms with van der Waals surface area (Å²) in [6.45, 7) is 2.27. The number of nitrogens with one attached hydrogen (secondary N) is 1. The maximum absolute atomic E-state index is 12.1. The van der Waals surface area contributed by atoms with E-state index in [-0.39, 0.29) is 11.9 Å². The summed E-state index contributed by atoms with van der Waals surface area (Å²) in [5.74, 6) is 2.65. The molecule has 0 aromatic carbocycles. The molecule has 1 fully saturated rings. The summed E-state index contributed by atoms with van der Waals surface area (Å²) in [6, 6.07) is 0.262. The van der Waals surface area contributed by atoms with Gasteiger partial charge in [-0.1, -0.05) is 11.3 Å². The normalized spacial score (nSPS) is 15.7. The molecule has 5 N–H and O–H groups in total. The number of amides is 1. The molecule has 1 aromatic rings. The minimum absolute atomic E-state index is 0.179. The fourth-order valence-corrected chi connectivity index (χ4v) is 3.13. The van der Waals surface area contributed by atoms with Crippen molar-refractivity contribution in [1.29, 1.82) is 0 Å². The Labute approximate surface area is 128 Å². The van der Waals surface area contributed by atoms with E-state index in [1.807, 2.05) is 0 Å². The molecule has 1 amide bonds. The van der Waals surface area contributed by atoms with E-state index in [9.17, 15) is 4.79 Å². The van der Waals surface area contributed by atoms with Crippen LogP contribution in [0, 0.1) is 12.3 Å². The second-order valence-electron chi connectivity index (χ2n) is 5.10. The maximum atomic E-state index is 12.1. The van der Waals surface area contributed by atoms with E-state index < -0.39 is 0 Å². The molecule has 0 bridgehead atoms. The van der Waals surface area contributed by atoms with Crippen LogP contribution in [-0.4, -0.2) is 36.6 Å². The van der Waals surface area contributed by atoms with Gasteiger partial charge in [-0.2, -0.15) is 0 Å². The average Bonchev–Trinajstić information content (AvgIpc) is 2.86. The predicted molar refractivity (Wildman–Crippen MR) is 86.3 cm³/mol. The number of hydrogen-bond acceptors (Lipinski definition) is 6. The van der Waals surface area contributed by atoms with Gasteiger partial charge < -0.3 is 21.7 Å². The fourth-order valence-electron chi connectivity index (χ4n) is 2.18. The lowest BCUT2D eigenvalue weighted by Crippen LogP contribution is -2.39. The van der Waals surface area contributed by atoms with E-state index in [0.717, 1.165) is 37.5 Å². The third-order valence-electron chi connectivity index (χ3n) is 3.44. The van der Waals surface area contributed by atoms with Crippen LogP contribution in [0.5, 0.6) is 0 Å². The molecule has 1 aliphatic rings. The SMILES string of the molecule is C#CCCCNC(=O)c1sc(N2CCC(N)CC2)nc1N. The van der Waals surface area contributed by atoms with Crippen LogP contribution in [0.2, 0.25) is 0 Å². The van der Waals surface area contributed by atoms with E-state index in [2.05, 4.69) is 21.1 Å². The number of nitrogens with zero attached hydrogens (tertiary/aromatic N) is 2. The van der Waals surface area contributed by atoms with Crippen molar-refractivity contribution in [3.63, 3.8) is 0 Å². The summed E-state index contributed by atoms with van der Waals surface area (Å²) in [6.07, 6.45) is 8.46. The Balaban J connectivity index is 1.95. The molecule has 0 spiro atoms. The van der Waals surface area contributed by atoms with Crippen LogP contribution in [0.25, 0.3) is 0 Å². The van der Waals surface area contributed by atoms with Gasteiger partial charge >= 0.3 is 0 Å². The minimum atomic E-state index is -0.179. The van der Waals surface area contributed by atoms with Crippen LogP contribution in [0.1, 0.15) is 35.4 Å². The number of nitrogen functional groups attached to an aromatic ring is 1. The lowest BCUT2D eigenvalue weighted by atomic mass is 10.1. The summed E-state index contributed by atoms with van der Waals surface area (Å²) >= 11 is 1.34. The molecule has 0 radical (unpaired) electrons.